The van der Waals surface area contributed by atoms with Crippen molar-refractivity contribution in [2.45, 2.75) is 97.9 Å². The van der Waals surface area contributed by atoms with Crippen LogP contribution in [0.3, 0.4) is 0 Å². The summed E-state index contributed by atoms with van der Waals surface area (Å²) in [6, 6.07) is 19.6. The third-order valence-corrected chi connectivity index (χ3v) is 8.38. The molecule has 0 aromatic heterocycles. The molecule has 0 aliphatic carbocycles. The first-order chi connectivity index (χ1) is 21.3. The molecule has 7 nitrogen and oxygen atoms in total. The highest BCUT2D eigenvalue weighted by atomic mass is 32.2. The van der Waals surface area contributed by atoms with Gasteiger partial charge in [0.25, 0.3) is 5.91 Å². The maximum Gasteiger partial charge on any atom is 0.408 e. The van der Waals surface area contributed by atoms with Crippen LogP contribution >= 0.6 is 11.8 Å². The van der Waals surface area contributed by atoms with E-state index >= 15 is 0 Å². The van der Waals surface area contributed by atoms with Crippen LogP contribution in [-0.2, 0) is 20.7 Å². The molecule has 0 bridgehead atoms. The van der Waals surface area contributed by atoms with Gasteiger partial charge in [0, 0.05) is 11.7 Å². The smallest absolute Gasteiger partial charge is 0.408 e. The van der Waals surface area contributed by atoms with E-state index in [9.17, 15) is 14.4 Å². The van der Waals surface area contributed by atoms with Gasteiger partial charge in [-0.15, -0.1) is 0 Å². The normalized spacial score (nSPS) is 13.6. The van der Waals surface area contributed by atoms with Crippen LogP contribution in [0, 0.1) is 5.92 Å². The third kappa shape index (κ3) is 10.8. The zero-order valence-corrected chi connectivity index (χ0v) is 29.0. The first-order valence-electron chi connectivity index (χ1n) is 16.0. The van der Waals surface area contributed by atoms with Crippen LogP contribution in [-0.4, -0.2) is 52.5 Å². The van der Waals surface area contributed by atoms with Gasteiger partial charge < -0.3 is 20.3 Å². The molecule has 0 aliphatic heterocycles. The van der Waals surface area contributed by atoms with Crippen molar-refractivity contribution in [2.75, 3.05) is 17.3 Å². The van der Waals surface area contributed by atoms with Crippen LogP contribution in [0.2, 0.25) is 0 Å². The Kier molecular flexibility index (Phi) is 13.3. The lowest BCUT2D eigenvalue weighted by molar-refractivity contribution is -0.143. The number of hydrogen-bond acceptors (Lipinski definition) is 5. The average Bonchev–Trinajstić information content (AvgIpc) is 2.99. The summed E-state index contributed by atoms with van der Waals surface area (Å²) in [6.07, 6.45) is 4.17. The lowest BCUT2D eigenvalue weighted by Gasteiger charge is -2.39. The molecular formula is C37H51N3O4S. The number of anilines is 1. The Morgan fingerprint density at radius 1 is 0.889 bits per heavy atom. The van der Waals surface area contributed by atoms with E-state index in [0.29, 0.717) is 30.2 Å². The number of fused-ring (bicyclic) bond motifs is 1. The predicted molar refractivity (Wildman–Crippen MR) is 188 cm³/mol. The standard InChI is InChI=1S/C37H51N3O4S/c1-9-27-16-18-29(19-17-27)33(34(41)38-31-21-20-28-12-10-11-13-30(28)24-31)40(26(4)15-14-25(2)3)35(42)32(22-23-45-8)39-36(43)44-37(5,6)7/h10-13,16-21,24-26,32-33H,9,14-15,22-23H2,1-8H3,(H,38,41)(H,39,43). The molecule has 0 saturated carbocycles. The number of thioether (sulfide) groups is 1. The molecule has 3 aromatic rings. The summed E-state index contributed by atoms with van der Waals surface area (Å²) in [7, 11) is 0. The van der Waals surface area contributed by atoms with Crippen LogP contribution in [0.25, 0.3) is 10.8 Å². The molecule has 3 unspecified atom stereocenters. The number of ether oxygens (including phenoxy) is 1. The topological polar surface area (TPSA) is 87.7 Å². The molecular weight excluding hydrogens is 582 g/mol. The van der Waals surface area contributed by atoms with E-state index in [0.717, 1.165) is 34.7 Å². The highest BCUT2D eigenvalue weighted by molar-refractivity contribution is 7.98. The van der Waals surface area contributed by atoms with Gasteiger partial charge in [0.15, 0.2) is 0 Å². The first-order valence-corrected chi connectivity index (χ1v) is 17.4. The van der Waals surface area contributed by atoms with Crippen LogP contribution in [0.15, 0.2) is 66.7 Å². The largest absolute Gasteiger partial charge is 0.444 e. The van der Waals surface area contributed by atoms with Gasteiger partial charge in [-0.3, -0.25) is 9.59 Å². The number of benzene rings is 3. The Balaban J connectivity index is 2.09. The maximum atomic E-state index is 14.7. The van der Waals surface area contributed by atoms with Crippen molar-refractivity contribution in [1.29, 1.82) is 0 Å². The van der Waals surface area contributed by atoms with Gasteiger partial charge in [0.05, 0.1) is 0 Å². The highest BCUT2D eigenvalue weighted by Gasteiger charge is 2.39. The molecule has 0 saturated heterocycles. The van der Waals surface area contributed by atoms with E-state index < -0.39 is 23.8 Å². The molecule has 0 heterocycles. The maximum absolute atomic E-state index is 14.7. The van der Waals surface area contributed by atoms with Gasteiger partial charge >= 0.3 is 6.09 Å². The van der Waals surface area contributed by atoms with E-state index in [1.807, 2.05) is 79.9 Å². The van der Waals surface area contributed by atoms with Crippen molar-refractivity contribution in [3.8, 4) is 0 Å². The van der Waals surface area contributed by atoms with Crippen molar-refractivity contribution < 1.29 is 19.1 Å². The van der Waals surface area contributed by atoms with Crippen molar-refractivity contribution in [3.05, 3.63) is 77.9 Å². The molecule has 8 heteroatoms. The molecule has 45 heavy (non-hydrogen) atoms. The Labute approximate surface area is 273 Å². The van der Waals surface area contributed by atoms with Crippen molar-refractivity contribution in [3.63, 3.8) is 0 Å². The Hall–Kier alpha value is -3.52. The lowest BCUT2D eigenvalue weighted by Crippen LogP contribution is -2.55. The third-order valence-electron chi connectivity index (χ3n) is 7.74. The number of carbonyl (C=O) groups excluding carboxylic acids is 3. The minimum atomic E-state index is -0.922. The molecule has 0 spiro atoms. The number of nitrogens with zero attached hydrogens (tertiary/aromatic N) is 1. The molecule has 3 amide bonds. The molecule has 0 radical (unpaired) electrons. The monoisotopic (exact) mass is 633 g/mol. The van der Waals surface area contributed by atoms with Gasteiger partial charge in [0.1, 0.15) is 17.7 Å². The van der Waals surface area contributed by atoms with Crippen molar-refractivity contribution >= 4 is 46.1 Å². The van der Waals surface area contributed by atoms with E-state index in [1.54, 1.807) is 37.4 Å². The van der Waals surface area contributed by atoms with Crippen LogP contribution in [0.4, 0.5) is 10.5 Å². The Bertz CT molecular complexity index is 1420. The minimum Gasteiger partial charge on any atom is -0.444 e. The fraction of sp³-hybridized carbons (Fsp3) is 0.486. The molecule has 2 N–H and O–H groups in total. The SMILES string of the molecule is CCc1ccc(C(C(=O)Nc2ccc3ccccc3c2)N(C(=O)C(CCSC)NC(=O)OC(C)(C)C)C(C)CCC(C)C)cc1. The Morgan fingerprint density at radius 3 is 2.16 bits per heavy atom. The summed E-state index contributed by atoms with van der Waals surface area (Å²) >= 11 is 1.60. The first kappa shape index (κ1) is 36.0. The molecule has 0 aliphatic rings. The minimum absolute atomic E-state index is 0.282. The number of alkyl carbamates (subject to hydrolysis) is 1. The zero-order chi connectivity index (χ0) is 33.1. The Morgan fingerprint density at radius 2 is 1.56 bits per heavy atom. The second-order valence-electron chi connectivity index (χ2n) is 13.1. The van der Waals surface area contributed by atoms with Gasteiger partial charge in [-0.2, -0.15) is 11.8 Å². The molecule has 3 aromatic carbocycles. The zero-order valence-electron chi connectivity index (χ0n) is 28.2. The molecule has 3 atom stereocenters. The van der Waals surface area contributed by atoms with Crippen LogP contribution in [0.1, 0.15) is 84.9 Å². The van der Waals surface area contributed by atoms with Crippen LogP contribution in [0.5, 0.6) is 0 Å². The predicted octanol–water partition coefficient (Wildman–Crippen LogP) is 8.38. The van der Waals surface area contributed by atoms with Crippen LogP contribution < -0.4 is 10.6 Å². The number of hydrogen-bond donors (Lipinski definition) is 2. The lowest BCUT2D eigenvalue weighted by atomic mass is 9.96. The number of nitrogens with one attached hydrogen (secondary N) is 2. The van der Waals surface area contributed by atoms with Gasteiger partial charge in [0.2, 0.25) is 5.91 Å². The quantitative estimate of drug-likeness (QED) is 0.186. The molecule has 0 fully saturated rings. The van der Waals surface area contributed by atoms with Gasteiger partial charge in [-0.25, -0.2) is 4.79 Å². The second-order valence-corrected chi connectivity index (χ2v) is 14.1. The number of carbonyl (C=O) groups is 3. The number of amides is 3. The van der Waals surface area contributed by atoms with E-state index in [4.69, 9.17) is 4.74 Å². The number of rotatable bonds is 14. The van der Waals surface area contributed by atoms with E-state index in [1.165, 1.54) is 0 Å². The summed E-state index contributed by atoms with van der Waals surface area (Å²) < 4.78 is 5.54. The fourth-order valence-corrected chi connectivity index (χ4v) is 5.76. The van der Waals surface area contributed by atoms with Gasteiger partial charge in [-0.05, 0) is 105 Å². The summed E-state index contributed by atoms with van der Waals surface area (Å²) in [4.78, 5) is 43.7. The van der Waals surface area contributed by atoms with E-state index in [2.05, 4.69) is 31.4 Å². The average molecular weight is 634 g/mol. The highest BCUT2D eigenvalue weighted by Crippen LogP contribution is 2.30. The van der Waals surface area contributed by atoms with Crippen molar-refractivity contribution in [2.24, 2.45) is 5.92 Å². The summed E-state index contributed by atoms with van der Waals surface area (Å²) in [5, 5.41) is 8.05. The van der Waals surface area contributed by atoms with E-state index in [-0.39, 0.29) is 17.9 Å². The van der Waals surface area contributed by atoms with Gasteiger partial charge in [-0.1, -0.05) is 75.4 Å². The summed E-state index contributed by atoms with van der Waals surface area (Å²) in [5.74, 6) is 0.467. The summed E-state index contributed by atoms with van der Waals surface area (Å²) in [5.41, 5.74) is 1.80. The summed E-state index contributed by atoms with van der Waals surface area (Å²) in [6.45, 7) is 13.8. The fourth-order valence-electron chi connectivity index (χ4n) is 5.29. The number of aryl methyl sites for hydroxylation is 1. The van der Waals surface area contributed by atoms with Crippen molar-refractivity contribution in [1.82, 2.24) is 10.2 Å². The second kappa shape index (κ2) is 16.7. The molecule has 3 rings (SSSR count). The molecule has 244 valence electrons.